The van der Waals surface area contributed by atoms with Crippen LogP contribution in [0.3, 0.4) is 0 Å². The lowest BCUT2D eigenvalue weighted by atomic mass is 9.92. The lowest BCUT2D eigenvalue weighted by Gasteiger charge is -2.28. The van der Waals surface area contributed by atoms with E-state index in [1.807, 2.05) is 13.8 Å². The number of ether oxygens (including phenoxy) is 1. The van der Waals surface area contributed by atoms with Gasteiger partial charge in [-0.3, -0.25) is 24.0 Å². The largest absolute Gasteiger partial charge is 0.393 e. The molecule has 1 saturated heterocycles. The second-order valence-electron chi connectivity index (χ2n) is 9.07. The molecule has 0 aromatic rings. The van der Waals surface area contributed by atoms with Crippen molar-refractivity contribution in [2.75, 3.05) is 13.2 Å². The summed E-state index contributed by atoms with van der Waals surface area (Å²) in [6, 6.07) is -4.16. The molecule has 1 heterocycles. The van der Waals surface area contributed by atoms with Crippen molar-refractivity contribution in [3.63, 3.8) is 0 Å². The van der Waals surface area contributed by atoms with E-state index in [1.165, 1.54) is 20.8 Å². The second-order valence-corrected chi connectivity index (χ2v) is 9.07. The Balaban J connectivity index is 3.00. The predicted octanol–water partition coefficient (Wildman–Crippen LogP) is -3.30. The van der Waals surface area contributed by atoms with E-state index >= 15 is 0 Å². The third kappa shape index (κ3) is 7.72. The van der Waals surface area contributed by atoms with Gasteiger partial charge in [0.2, 0.25) is 23.6 Å². The SMILES string of the molecule is CC(C)C[C@H](NC(=O)[C@@H](NC(=O)[C@@H](NC(=O)[C@@H](C)C(N)=O)[C@@H](C)O)[C@@H](C)O)C(=O)C1(CO)CO1. The minimum absolute atomic E-state index is 0.0167. The summed E-state index contributed by atoms with van der Waals surface area (Å²) in [6.45, 7) is 6.77. The molecule has 0 saturated carbocycles. The maximum atomic E-state index is 12.9. The van der Waals surface area contributed by atoms with Crippen LogP contribution in [0.1, 0.15) is 41.0 Å². The fourth-order valence-corrected chi connectivity index (χ4v) is 3.14. The van der Waals surface area contributed by atoms with Crippen LogP contribution in [0.15, 0.2) is 0 Å². The molecule has 1 rings (SSSR count). The lowest BCUT2D eigenvalue weighted by Crippen LogP contribution is -2.62. The van der Waals surface area contributed by atoms with Gasteiger partial charge in [-0.15, -0.1) is 0 Å². The number of ketones is 1. The number of aliphatic hydroxyl groups is 3. The first kappa shape index (κ1) is 29.4. The van der Waals surface area contributed by atoms with E-state index in [0.29, 0.717) is 0 Å². The second kappa shape index (κ2) is 12.2. The van der Waals surface area contributed by atoms with Crippen molar-refractivity contribution in [3.8, 4) is 0 Å². The monoisotopic (exact) mass is 488 g/mol. The highest BCUT2D eigenvalue weighted by atomic mass is 16.6. The minimum atomic E-state index is -1.56. The Morgan fingerprint density at radius 3 is 1.68 bits per heavy atom. The number of nitrogens with one attached hydrogen (secondary N) is 3. The van der Waals surface area contributed by atoms with Crippen molar-refractivity contribution < 1.29 is 44.0 Å². The van der Waals surface area contributed by atoms with Crippen molar-refractivity contribution in [1.82, 2.24) is 16.0 Å². The smallest absolute Gasteiger partial charge is 0.245 e. The molecule has 1 fully saturated rings. The summed E-state index contributed by atoms with van der Waals surface area (Å²) in [5.74, 6) is -5.58. The van der Waals surface area contributed by atoms with Crippen molar-refractivity contribution >= 4 is 29.4 Å². The molecule has 194 valence electrons. The van der Waals surface area contributed by atoms with Gasteiger partial charge in [0.25, 0.3) is 0 Å². The molecule has 0 radical (unpaired) electrons. The third-order valence-corrected chi connectivity index (χ3v) is 5.48. The molecule has 0 bridgehead atoms. The summed E-state index contributed by atoms with van der Waals surface area (Å²) in [6.07, 6.45) is -2.63. The van der Waals surface area contributed by atoms with Gasteiger partial charge >= 0.3 is 0 Å². The van der Waals surface area contributed by atoms with Crippen molar-refractivity contribution in [1.29, 1.82) is 0 Å². The number of rotatable bonds is 14. The summed E-state index contributed by atoms with van der Waals surface area (Å²) >= 11 is 0. The summed E-state index contributed by atoms with van der Waals surface area (Å²) in [5.41, 5.74) is 3.69. The van der Waals surface area contributed by atoms with Crippen LogP contribution in [0, 0.1) is 11.8 Å². The Hall–Kier alpha value is -2.61. The average Bonchev–Trinajstić information content (AvgIpc) is 3.54. The fraction of sp³-hybridized carbons (Fsp3) is 0.762. The molecule has 1 aliphatic heterocycles. The molecule has 1 aliphatic rings. The maximum Gasteiger partial charge on any atom is 0.245 e. The first-order valence-corrected chi connectivity index (χ1v) is 11.0. The molecule has 0 aromatic carbocycles. The molecule has 0 aliphatic carbocycles. The molecular weight excluding hydrogens is 452 g/mol. The Labute approximate surface area is 197 Å². The van der Waals surface area contributed by atoms with Crippen molar-refractivity contribution in [2.45, 2.75) is 77.0 Å². The first-order chi connectivity index (χ1) is 15.7. The quantitative estimate of drug-likeness (QED) is 0.0959. The molecule has 13 nitrogen and oxygen atoms in total. The molecular formula is C21H36N4O9. The van der Waals surface area contributed by atoms with Gasteiger partial charge in [-0.25, -0.2) is 0 Å². The fourth-order valence-electron chi connectivity index (χ4n) is 3.14. The Bertz CT molecular complexity index is 780. The molecule has 8 N–H and O–H groups in total. The average molecular weight is 489 g/mol. The third-order valence-electron chi connectivity index (χ3n) is 5.48. The van der Waals surface area contributed by atoms with Crippen LogP contribution in [-0.4, -0.2) is 93.9 Å². The normalized spacial score (nSPS) is 22.5. The Morgan fingerprint density at radius 2 is 1.32 bits per heavy atom. The van der Waals surface area contributed by atoms with E-state index in [9.17, 15) is 39.3 Å². The Kier molecular flexibility index (Phi) is 10.6. The lowest BCUT2D eigenvalue weighted by molar-refractivity contribution is -0.139. The van der Waals surface area contributed by atoms with Gasteiger partial charge in [0.15, 0.2) is 11.4 Å². The van der Waals surface area contributed by atoms with Crippen LogP contribution in [0.4, 0.5) is 0 Å². The number of Topliss-reactive ketones (excluding diaryl/α,β-unsaturated/α-hetero) is 1. The van der Waals surface area contributed by atoms with Gasteiger partial charge in [0.05, 0.1) is 31.5 Å². The van der Waals surface area contributed by atoms with E-state index in [-0.39, 0.29) is 18.9 Å². The minimum Gasteiger partial charge on any atom is -0.393 e. The highest BCUT2D eigenvalue weighted by Crippen LogP contribution is 2.30. The van der Waals surface area contributed by atoms with Crippen LogP contribution >= 0.6 is 0 Å². The van der Waals surface area contributed by atoms with E-state index in [2.05, 4.69) is 16.0 Å². The van der Waals surface area contributed by atoms with Crippen molar-refractivity contribution in [3.05, 3.63) is 0 Å². The zero-order chi connectivity index (χ0) is 26.4. The van der Waals surface area contributed by atoms with E-state index in [0.717, 1.165) is 0 Å². The molecule has 13 heteroatoms. The molecule has 0 spiro atoms. The van der Waals surface area contributed by atoms with Crippen LogP contribution in [-0.2, 0) is 28.7 Å². The molecule has 34 heavy (non-hydrogen) atoms. The zero-order valence-corrected chi connectivity index (χ0v) is 20.0. The summed E-state index contributed by atoms with van der Waals surface area (Å²) in [5, 5.41) is 36.5. The summed E-state index contributed by atoms with van der Waals surface area (Å²) in [4.78, 5) is 61.8. The van der Waals surface area contributed by atoms with Gasteiger partial charge in [-0.05, 0) is 33.1 Å². The number of hydrogen-bond donors (Lipinski definition) is 7. The van der Waals surface area contributed by atoms with Crippen LogP contribution in [0.5, 0.6) is 0 Å². The van der Waals surface area contributed by atoms with Gasteiger partial charge in [-0.1, -0.05) is 13.8 Å². The molecule has 0 aromatic heterocycles. The number of hydrogen-bond acceptors (Lipinski definition) is 9. The standard InChI is InChI=1S/C21H36N4O9/c1-9(2)6-13(16(29)21(7-26)8-34-21)23-19(32)14(11(4)27)25-20(33)15(12(5)28)24-18(31)10(3)17(22)30/h9-15,26-28H,6-8H2,1-5H3,(H2,22,30)(H,23,32)(H,24,31)(H,25,33)/t10-,11+,12+,13-,14-,15-,21?/m0/s1. The molecule has 7 atom stereocenters. The number of aliphatic hydroxyl groups excluding tert-OH is 3. The van der Waals surface area contributed by atoms with Gasteiger partial charge in [0, 0.05) is 0 Å². The highest BCUT2D eigenvalue weighted by molar-refractivity contribution is 6.02. The number of amides is 4. The van der Waals surface area contributed by atoms with Gasteiger partial charge < -0.3 is 41.7 Å². The summed E-state index contributed by atoms with van der Waals surface area (Å²) in [7, 11) is 0. The number of primary amides is 1. The van der Waals surface area contributed by atoms with E-state index in [4.69, 9.17) is 10.5 Å². The molecule has 4 amide bonds. The Morgan fingerprint density at radius 1 is 0.882 bits per heavy atom. The van der Waals surface area contributed by atoms with E-state index < -0.39 is 77.9 Å². The van der Waals surface area contributed by atoms with Gasteiger partial charge in [0.1, 0.15) is 18.0 Å². The first-order valence-electron chi connectivity index (χ1n) is 11.0. The zero-order valence-electron chi connectivity index (χ0n) is 20.0. The predicted molar refractivity (Wildman–Crippen MR) is 118 cm³/mol. The number of carbonyl (C=O) groups excluding carboxylic acids is 5. The van der Waals surface area contributed by atoms with Crippen LogP contribution in [0.2, 0.25) is 0 Å². The van der Waals surface area contributed by atoms with Crippen LogP contribution < -0.4 is 21.7 Å². The highest BCUT2D eigenvalue weighted by Gasteiger charge is 2.54. The summed E-state index contributed by atoms with van der Waals surface area (Å²) < 4.78 is 5.08. The molecule has 1 unspecified atom stereocenters. The van der Waals surface area contributed by atoms with Gasteiger partial charge in [-0.2, -0.15) is 0 Å². The number of epoxide rings is 1. The van der Waals surface area contributed by atoms with Crippen LogP contribution in [0.25, 0.3) is 0 Å². The maximum absolute atomic E-state index is 12.9. The van der Waals surface area contributed by atoms with Crippen molar-refractivity contribution in [2.24, 2.45) is 17.6 Å². The number of carbonyl (C=O) groups is 5. The van der Waals surface area contributed by atoms with E-state index in [1.54, 1.807) is 0 Å². The number of nitrogens with two attached hydrogens (primary N) is 1. The topological polar surface area (TPSA) is 221 Å².